The molecule has 2 aliphatic rings. The molecule has 0 saturated heterocycles. The Bertz CT molecular complexity index is 657. The monoisotopic (exact) mass is 398 g/mol. The number of allylic oxidation sites excluding steroid dienone is 2. The fourth-order valence-corrected chi connectivity index (χ4v) is 5.11. The average Bonchev–Trinajstić information content (AvgIpc) is 2.70. The van der Waals surface area contributed by atoms with Crippen LogP contribution in [0.15, 0.2) is 24.3 Å². The summed E-state index contributed by atoms with van der Waals surface area (Å²) in [7, 11) is 0. The normalized spacial score (nSPS) is 28.8. The van der Waals surface area contributed by atoms with Crippen LogP contribution in [-0.4, -0.2) is 13.0 Å². The third kappa shape index (κ3) is 5.09. The van der Waals surface area contributed by atoms with E-state index in [0.717, 1.165) is 37.5 Å². The van der Waals surface area contributed by atoms with Gasteiger partial charge in [-0.2, -0.15) is 4.39 Å². The van der Waals surface area contributed by atoms with Crippen LogP contribution in [-0.2, 0) is 0 Å². The van der Waals surface area contributed by atoms with Gasteiger partial charge in [0.25, 0.3) is 6.43 Å². The van der Waals surface area contributed by atoms with Gasteiger partial charge in [-0.25, -0.2) is 13.2 Å². The van der Waals surface area contributed by atoms with E-state index >= 15 is 0 Å². The third-order valence-electron chi connectivity index (χ3n) is 6.60. The van der Waals surface area contributed by atoms with Crippen LogP contribution >= 0.6 is 0 Å². The van der Waals surface area contributed by atoms with Crippen LogP contribution in [0.3, 0.4) is 0 Å². The molecule has 0 amide bonds. The fourth-order valence-electron chi connectivity index (χ4n) is 5.11. The molecule has 156 valence electrons. The Morgan fingerprint density at radius 3 is 2.11 bits per heavy atom. The van der Waals surface area contributed by atoms with Crippen LogP contribution in [0.5, 0.6) is 5.75 Å². The molecule has 0 unspecified atom stereocenters. The Kier molecular flexibility index (Phi) is 7.42. The summed E-state index contributed by atoms with van der Waals surface area (Å²) in [5.41, 5.74) is 0.358. The van der Waals surface area contributed by atoms with Crippen molar-refractivity contribution in [3.8, 4) is 5.75 Å². The average molecular weight is 398 g/mol. The first kappa shape index (κ1) is 21.2. The Morgan fingerprint density at radius 2 is 1.54 bits per heavy atom. The zero-order valence-electron chi connectivity index (χ0n) is 16.5. The lowest BCUT2D eigenvalue weighted by molar-refractivity contribution is 0.0794. The molecular formula is C23H30F4O. The Labute approximate surface area is 165 Å². The highest BCUT2D eigenvalue weighted by atomic mass is 19.3. The van der Waals surface area contributed by atoms with Crippen molar-refractivity contribution in [2.24, 2.45) is 17.8 Å². The van der Waals surface area contributed by atoms with Crippen molar-refractivity contribution in [1.82, 2.24) is 0 Å². The minimum absolute atomic E-state index is 0.00531. The second-order valence-electron chi connectivity index (χ2n) is 8.30. The smallest absolute Gasteiger partial charge is 0.272 e. The van der Waals surface area contributed by atoms with Crippen LogP contribution in [0.4, 0.5) is 17.6 Å². The van der Waals surface area contributed by atoms with E-state index in [1.54, 1.807) is 0 Å². The molecule has 1 nitrogen and oxygen atoms in total. The lowest BCUT2D eigenvalue weighted by atomic mass is 9.68. The third-order valence-corrected chi connectivity index (χ3v) is 6.60. The second-order valence-corrected chi connectivity index (χ2v) is 8.30. The molecule has 2 saturated carbocycles. The van der Waals surface area contributed by atoms with E-state index in [4.69, 9.17) is 0 Å². The van der Waals surface area contributed by atoms with Crippen molar-refractivity contribution in [1.29, 1.82) is 0 Å². The maximum absolute atomic E-state index is 14.5. The van der Waals surface area contributed by atoms with Crippen LogP contribution in [0.2, 0.25) is 0 Å². The Balaban J connectivity index is 1.55. The summed E-state index contributed by atoms with van der Waals surface area (Å²) in [4.78, 5) is 0. The molecule has 5 heteroatoms. The van der Waals surface area contributed by atoms with Gasteiger partial charge < -0.3 is 4.74 Å². The molecule has 1 aromatic rings. The number of hydrogen-bond acceptors (Lipinski definition) is 1. The van der Waals surface area contributed by atoms with Crippen molar-refractivity contribution in [2.75, 3.05) is 6.61 Å². The number of rotatable bonds is 6. The van der Waals surface area contributed by atoms with Crippen LogP contribution in [0, 0.1) is 29.4 Å². The molecule has 0 radical (unpaired) electrons. The number of halogens is 4. The van der Waals surface area contributed by atoms with Crippen LogP contribution in [0.25, 0.3) is 0 Å². The van der Waals surface area contributed by atoms with E-state index in [2.05, 4.69) is 23.8 Å². The molecule has 0 heterocycles. The van der Waals surface area contributed by atoms with E-state index in [9.17, 15) is 17.6 Å². The van der Waals surface area contributed by atoms with Gasteiger partial charge in [-0.15, -0.1) is 0 Å². The molecule has 0 spiro atoms. The van der Waals surface area contributed by atoms with Gasteiger partial charge in [-0.1, -0.05) is 18.2 Å². The van der Waals surface area contributed by atoms with Crippen molar-refractivity contribution >= 4 is 0 Å². The molecule has 28 heavy (non-hydrogen) atoms. The molecule has 0 N–H and O–H groups in total. The first-order valence-electron chi connectivity index (χ1n) is 10.5. The van der Waals surface area contributed by atoms with E-state index in [-0.39, 0.29) is 5.92 Å². The van der Waals surface area contributed by atoms with Crippen LogP contribution < -0.4 is 4.74 Å². The van der Waals surface area contributed by atoms with Crippen molar-refractivity contribution in [3.63, 3.8) is 0 Å². The molecule has 2 aliphatic carbocycles. The summed E-state index contributed by atoms with van der Waals surface area (Å²) in [6, 6.07) is 2.79. The summed E-state index contributed by atoms with van der Waals surface area (Å²) in [5, 5.41) is 0. The largest absolute Gasteiger partial charge is 0.484 e. The summed E-state index contributed by atoms with van der Waals surface area (Å²) >= 11 is 0. The van der Waals surface area contributed by atoms with Crippen molar-refractivity contribution < 1.29 is 22.3 Å². The summed E-state index contributed by atoms with van der Waals surface area (Å²) in [6.07, 6.45) is 10.6. The van der Waals surface area contributed by atoms with Crippen molar-refractivity contribution in [2.45, 2.75) is 70.6 Å². The molecule has 0 aromatic heterocycles. The minimum atomic E-state index is -2.72. The van der Waals surface area contributed by atoms with E-state index in [1.165, 1.54) is 37.8 Å². The number of ether oxygens (including phenoxy) is 1. The maximum atomic E-state index is 14.5. The summed E-state index contributed by atoms with van der Waals surface area (Å²) in [5.74, 6) is -0.369. The van der Waals surface area contributed by atoms with Crippen molar-refractivity contribution in [3.05, 3.63) is 41.5 Å². The topological polar surface area (TPSA) is 9.23 Å². The zero-order chi connectivity index (χ0) is 20.1. The summed E-state index contributed by atoms with van der Waals surface area (Å²) in [6.45, 7) is 1.14. The van der Waals surface area contributed by atoms with Gasteiger partial charge in [0, 0.05) is 0 Å². The van der Waals surface area contributed by atoms with Gasteiger partial charge >= 0.3 is 0 Å². The van der Waals surface area contributed by atoms with E-state index < -0.39 is 30.4 Å². The van der Waals surface area contributed by atoms with Gasteiger partial charge in [0.05, 0.1) is 0 Å². The van der Waals surface area contributed by atoms with Gasteiger partial charge in [-0.3, -0.25) is 0 Å². The molecule has 3 rings (SSSR count). The molecule has 0 atom stereocenters. The van der Waals surface area contributed by atoms with E-state index in [1.807, 2.05) is 0 Å². The molecule has 1 aromatic carbocycles. The predicted octanol–water partition coefficient (Wildman–Crippen LogP) is 7.27. The first-order chi connectivity index (χ1) is 13.5. The number of alkyl halides is 2. The minimum Gasteiger partial charge on any atom is -0.484 e. The maximum Gasteiger partial charge on any atom is 0.272 e. The Hall–Kier alpha value is -1.52. The summed E-state index contributed by atoms with van der Waals surface area (Å²) < 4.78 is 57.8. The lowest BCUT2D eigenvalue weighted by Gasteiger charge is -2.37. The SMILES string of the molecule is CC=CC1CCC(C2CCC(c3ccc(OCC(F)F)c(F)c3F)CC2)CC1. The molecule has 0 bridgehead atoms. The number of hydrogen-bond donors (Lipinski definition) is 0. The first-order valence-corrected chi connectivity index (χ1v) is 10.5. The highest BCUT2D eigenvalue weighted by Gasteiger charge is 2.32. The Morgan fingerprint density at radius 1 is 0.929 bits per heavy atom. The van der Waals surface area contributed by atoms with Gasteiger partial charge in [0.1, 0.15) is 6.61 Å². The predicted molar refractivity (Wildman–Crippen MR) is 103 cm³/mol. The second kappa shape index (κ2) is 9.80. The zero-order valence-corrected chi connectivity index (χ0v) is 16.5. The molecule has 2 fully saturated rings. The standard InChI is InChI=1S/C23H30F4O/c1-2-3-15-4-6-16(7-5-15)17-8-10-18(11-9-17)19-12-13-20(23(27)22(19)26)28-14-21(24)25/h2-3,12-13,15-18,21H,4-11,14H2,1H3. The van der Waals surface area contributed by atoms with Gasteiger partial charge in [-0.05, 0) is 93.6 Å². The quantitative estimate of drug-likeness (QED) is 0.362. The molecular weight excluding hydrogens is 368 g/mol. The lowest BCUT2D eigenvalue weighted by Crippen LogP contribution is -2.25. The fraction of sp³-hybridized carbons (Fsp3) is 0.652. The van der Waals surface area contributed by atoms with Crippen LogP contribution in [0.1, 0.15) is 69.8 Å². The highest BCUT2D eigenvalue weighted by Crippen LogP contribution is 2.45. The van der Waals surface area contributed by atoms with E-state index in [0.29, 0.717) is 11.5 Å². The molecule has 0 aliphatic heterocycles. The van der Waals surface area contributed by atoms with Gasteiger partial charge in [0.2, 0.25) is 5.82 Å². The van der Waals surface area contributed by atoms with Gasteiger partial charge in [0.15, 0.2) is 11.6 Å². The number of benzene rings is 1. The highest BCUT2D eigenvalue weighted by molar-refractivity contribution is 5.33.